The van der Waals surface area contributed by atoms with E-state index in [1.54, 1.807) is 0 Å². The van der Waals surface area contributed by atoms with E-state index in [-0.39, 0.29) is 0 Å². The van der Waals surface area contributed by atoms with E-state index in [4.69, 9.17) is 0 Å². The second kappa shape index (κ2) is 5.81. The number of rotatable bonds is 4. The summed E-state index contributed by atoms with van der Waals surface area (Å²) < 4.78 is 69.6. The first-order valence-corrected chi connectivity index (χ1v) is 4.83. The van der Waals surface area contributed by atoms with Crippen LogP contribution in [0.2, 0.25) is 0 Å². The van der Waals surface area contributed by atoms with Crippen LogP contribution < -0.4 is 4.74 Å². The van der Waals surface area contributed by atoms with Crippen molar-refractivity contribution in [2.45, 2.75) is 19.5 Å². The van der Waals surface area contributed by atoms with Gasteiger partial charge in [-0.25, -0.2) is 13.8 Å². The number of methoxy groups -OCH3 is 1. The summed E-state index contributed by atoms with van der Waals surface area (Å²) in [5, 5.41) is 0. The first-order chi connectivity index (χ1) is 8.76. The Morgan fingerprint density at radius 2 is 2.00 bits per heavy atom. The lowest BCUT2D eigenvalue weighted by molar-refractivity contribution is -0.275. The molecule has 0 aliphatic heterocycles. The van der Waals surface area contributed by atoms with Crippen LogP contribution in [0.15, 0.2) is 6.07 Å². The highest BCUT2D eigenvalue weighted by Crippen LogP contribution is 2.27. The molecule has 19 heavy (non-hydrogen) atoms. The molecule has 0 aliphatic carbocycles. The summed E-state index contributed by atoms with van der Waals surface area (Å²) in [6.07, 6.45) is -5.72. The van der Waals surface area contributed by atoms with Gasteiger partial charge in [-0.05, 0) is 0 Å². The van der Waals surface area contributed by atoms with Crippen LogP contribution in [0.25, 0.3) is 0 Å². The van der Waals surface area contributed by atoms with Crippen molar-refractivity contribution in [3.63, 3.8) is 0 Å². The third-order valence-corrected chi connectivity index (χ3v) is 1.98. The van der Waals surface area contributed by atoms with Crippen molar-refractivity contribution in [3.8, 4) is 5.75 Å². The molecular formula is C10H8F5NO3. The molecule has 1 aromatic rings. The summed E-state index contributed by atoms with van der Waals surface area (Å²) >= 11 is 0. The second-order valence-electron chi connectivity index (χ2n) is 3.30. The van der Waals surface area contributed by atoms with Crippen LogP contribution >= 0.6 is 0 Å². The lowest BCUT2D eigenvalue weighted by Gasteiger charge is -2.12. The Morgan fingerprint density at radius 3 is 2.47 bits per heavy atom. The Kier molecular flexibility index (Phi) is 4.62. The fraction of sp³-hybridized carbons (Fsp3) is 0.400. The van der Waals surface area contributed by atoms with E-state index in [0.29, 0.717) is 6.07 Å². The molecule has 0 unspecified atom stereocenters. The topological polar surface area (TPSA) is 48.4 Å². The molecule has 0 N–H and O–H groups in total. The molecule has 1 rings (SSSR count). The van der Waals surface area contributed by atoms with Gasteiger partial charge in [0.15, 0.2) is 5.75 Å². The molecule has 9 heteroatoms. The van der Waals surface area contributed by atoms with Crippen molar-refractivity contribution in [2.75, 3.05) is 7.11 Å². The number of ether oxygens (including phenoxy) is 2. The zero-order valence-corrected chi connectivity index (χ0v) is 9.55. The fourth-order valence-corrected chi connectivity index (χ4v) is 1.19. The maximum atomic E-state index is 13.4. The maximum absolute atomic E-state index is 13.4. The standard InChI is InChI=1S/C10H8F5NO3/c1-18-9(17)3-6-5(12)2-8(7(4-11)16-6)19-10(13,14)15/h2H,3-4H2,1H3. The predicted octanol–water partition coefficient (Wildman–Crippen LogP) is 2.30. The van der Waals surface area contributed by atoms with Crippen LogP contribution in [0.3, 0.4) is 0 Å². The van der Waals surface area contributed by atoms with Gasteiger partial charge in [0, 0.05) is 6.07 Å². The van der Waals surface area contributed by atoms with E-state index in [2.05, 4.69) is 14.5 Å². The molecule has 0 aliphatic rings. The van der Waals surface area contributed by atoms with Gasteiger partial charge in [-0.2, -0.15) is 0 Å². The lowest BCUT2D eigenvalue weighted by Crippen LogP contribution is -2.19. The Labute approximate surface area is 104 Å². The van der Waals surface area contributed by atoms with Crippen LogP contribution in [0.5, 0.6) is 5.75 Å². The highest BCUT2D eigenvalue weighted by molar-refractivity contribution is 5.71. The quantitative estimate of drug-likeness (QED) is 0.629. The summed E-state index contributed by atoms with van der Waals surface area (Å²) in [5.74, 6) is -3.16. The molecule has 0 spiro atoms. The Balaban J connectivity index is 3.10. The smallest absolute Gasteiger partial charge is 0.469 e. The number of hydrogen-bond donors (Lipinski definition) is 0. The van der Waals surface area contributed by atoms with E-state index < -0.39 is 48.4 Å². The van der Waals surface area contributed by atoms with Crippen LogP contribution in [-0.4, -0.2) is 24.4 Å². The highest BCUT2D eigenvalue weighted by Gasteiger charge is 2.33. The van der Waals surface area contributed by atoms with E-state index in [1.165, 1.54) is 0 Å². The van der Waals surface area contributed by atoms with E-state index >= 15 is 0 Å². The van der Waals surface area contributed by atoms with E-state index in [0.717, 1.165) is 7.11 Å². The van der Waals surface area contributed by atoms with Crippen molar-refractivity contribution in [1.82, 2.24) is 4.98 Å². The van der Waals surface area contributed by atoms with Crippen molar-refractivity contribution in [3.05, 3.63) is 23.3 Å². The molecule has 0 aromatic carbocycles. The summed E-state index contributed by atoms with van der Waals surface area (Å²) in [7, 11) is 1.04. The molecule has 1 heterocycles. The van der Waals surface area contributed by atoms with Gasteiger partial charge in [-0.3, -0.25) is 4.79 Å². The highest BCUT2D eigenvalue weighted by atomic mass is 19.4. The van der Waals surface area contributed by atoms with Crippen LogP contribution in [0, 0.1) is 5.82 Å². The molecule has 0 amide bonds. The molecule has 0 saturated carbocycles. The Morgan fingerprint density at radius 1 is 1.37 bits per heavy atom. The minimum Gasteiger partial charge on any atom is -0.469 e. The molecule has 4 nitrogen and oxygen atoms in total. The minimum atomic E-state index is -5.10. The molecule has 0 radical (unpaired) electrons. The summed E-state index contributed by atoms with van der Waals surface area (Å²) in [6, 6.07) is 0.327. The van der Waals surface area contributed by atoms with Crippen molar-refractivity contribution < 1.29 is 36.2 Å². The average Bonchev–Trinajstić information content (AvgIpc) is 2.30. The molecular weight excluding hydrogens is 277 g/mol. The van der Waals surface area contributed by atoms with Gasteiger partial charge in [0.1, 0.15) is 18.2 Å². The normalized spacial score (nSPS) is 11.3. The zero-order valence-electron chi connectivity index (χ0n) is 9.55. The molecule has 0 saturated heterocycles. The number of carbonyl (C=O) groups is 1. The molecule has 0 fully saturated rings. The zero-order chi connectivity index (χ0) is 14.6. The molecule has 0 bridgehead atoms. The third-order valence-electron chi connectivity index (χ3n) is 1.98. The van der Waals surface area contributed by atoms with Crippen molar-refractivity contribution >= 4 is 5.97 Å². The number of alkyl halides is 4. The van der Waals surface area contributed by atoms with Gasteiger partial charge < -0.3 is 9.47 Å². The van der Waals surface area contributed by atoms with Gasteiger partial charge >= 0.3 is 12.3 Å². The largest absolute Gasteiger partial charge is 0.573 e. The van der Waals surface area contributed by atoms with Gasteiger partial charge in [0.25, 0.3) is 0 Å². The fourth-order valence-electron chi connectivity index (χ4n) is 1.19. The predicted molar refractivity (Wildman–Crippen MR) is 51.4 cm³/mol. The maximum Gasteiger partial charge on any atom is 0.573 e. The second-order valence-corrected chi connectivity index (χ2v) is 3.30. The average molecular weight is 285 g/mol. The van der Waals surface area contributed by atoms with Gasteiger partial charge in [0.2, 0.25) is 0 Å². The summed E-state index contributed by atoms with van der Waals surface area (Å²) in [6.45, 7) is -1.40. The number of hydrogen-bond acceptors (Lipinski definition) is 4. The van der Waals surface area contributed by atoms with Crippen LogP contribution in [-0.2, 0) is 22.6 Å². The van der Waals surface area contributed by atoms with E-state index in [1.807, 2.05) is 0 Å². The lowest BCUT2D eigenvalue weighted by atomic mass is 10.2. The number of pyridine rings is 1. The number of nitrogens with zero attached hydrogens (tertiary/aromatic N) is 1. The van der Waals surface area contributed by atoms with Gasteiger partial charge in [-0.15, -0.1) is 13.2 Å². The van der Waals surface area contributed by atoms with Crippen molar-refractivity contribution in [2.24, 2.45) is 0 Å². The molecule has 1 aromatic heterocycles. The summed E-state index contributed by atoms with van der Waals surface area (Å²) in [4.78, 5) is 14.2. The first kappa shape index (κ1) is 15.1. The summed E-state index contributed by atoms with van der Waals surface area (Å²) in [5.41, 5.74) is -1.27. The number of esters is 1. The number of carbonyl (C=O) groups excluding carboxylic acids is 1. The van der Waals surface area contributed by atoms with E-state index in [9.17, 15) is 26.7 Å². The van der Waals surface area contributed by atoms with Gasteiger partial charge in [-0.1, -0.05) is 0 Å². The molecule has 106 valence electrons. The monoisotopic (exact) mass is 285 g/mol. The van der Waals surface area contributed by atoms with Crippen molar-refractivity contribution in [1.29, 1.82) is 0 Å². The van der Waals surface area contributed by atoms with Crippen LogP contribution in [0.1, 0.15) is 11.4 Å². The van der Waals surface area contributed by atoms with Crippen LogP contribution in [0.4, 0.5) is 22.0 Å². The first-order valence-electron chi connectivity index (χ1n) is 4.83. The Bertz CT molecular complexity index is 475. The number of halogens is 5. The minimum absolute atomic E-state index is 0.327. The number of aromatic nitrogens is 1. The molecule has 0 atom stereocenters. The third kappa shape index (κ3) is 4.34. The van der Waals surface area contributed by atoms with Gasteiger partial charge in [0.05, 0.1) is 19.2 Å². The Hall–Kier alpha value is -1.93. The SMILES string of the molecule is COC(=O)Cc1nc(CF)c(OC(F)(F)F)cc1F.